The number of hydrogen-bond acceptors (Lipinski definition) is 3. The van der Waals surface area contributed by atoms with Gasteiger partial charge in [0.05, 0.1) is 13.0 Å². The van der Waals surface area contributed by atoms with Crippen LogP contribution >= 0.6 is 0 Å². The van der Waals surface area contributed by atoms with Gasteiger partial charge in [0.25, 0.3) is 0 Å². The number of carbonyl (C=O) groups is 1. The number of carbonyl (C=O) groups excluding carboxylic acids is 1. The lowest BCUT2D eigenvalue weighted by Gasteiger charge is -2.06. The lowest BCUT2D eigenvalue weighted by Crippen LogP contribution is -2.29. The molecule has 0 aliphatic carbocycles. The molecule has 0 aromatic rings. The molecule has 0 saturated heterocycles. The molecule has 0 unspecified atom stereocenters. The minimum Gasteiger partial charge on any atom is -0.381 e. The van der Waals surface area contributed by atoms with Gasteiger partial charge < -0.3 is 4.74 Å². The van der Waals surface area contributed by atoms with Gasteiger partial charge in [-0.2, -0.15) is 13.2 Å². The van der Waals surface area contributed by atoms with E-state index in [1.807, 2.05) is 5.43 Å². The Balaban J connectivity index is 3.18. The predicted molar refractivity (Wildman–Crippen MR) is 43.1 cm³/mol. The molecule has 7 heteroatoms. The summed E-state index contributed by atoms with van der Waals surface area (Å²) in [6.07, 6.45) is -4.63. The molecule has 14 heavy (non-hydrogen) atoms. The molecule has 0 aromatic carbocycles. The van der Waals surface area contributed by atoms with Crippen molar-refractivity contribution in [2.75, 3.05) is 13.2 Å². The van der Waals surface area contributed by atoms with E-state index in [4.69, 9.17) is 5.84 Å². The van der Waals surface area contributed by atoms with Gasteiger partial charge in [0.1, 0.15) is 0 Å². The van der Waals surface area contributed by atoms with Crippen molar-refractivity contribution in [2.24, 2.45) is 5.84 Å². The fourth-order valence-corrected chi connectivity index (χ4v) is 0.697. The Bertz CT molecular complexity index is 173. The van der Waals surface area contributed by atoms with Gasteiger partial charge in [0.15, 0.2) is 0 Å². The topological polar surface area (TPSA) is 64.3 Å². The first-order valence-corrected chi connectivity index (χ1v) is 4.09. The predicted octanol–water partition coefficient (Wildman–Crippen LogP) is 0.725. The normalized spacial score (nSPS) is 11.4. The van der Waals surface area contributed by atoms with E-state index in [1.54, 1.807) is 0 Å². The van der Waals surface area contributed by atoms with Crippen molar-refractivity contribution in [2.45, 2.75) is 25.4 Å². The molecule has 0 aliphatic heterocycles. The van der Waals surface area contributed by atoms with E-state index < -0.39 is 12.6 Å². The van der Waals surface area contributed by atoms with Crippen molar-refractivity contribution in [3.63, 3.8) is 0 Å². The highest BCUT2D eigenvalue weighted by molar-refractivity contribution is 5.75. The Morgan fingerprint density at radius 2 is 2.00 bits per heavy atom. The standard InChI is InChI=1S/C7H13F3N2O2/c8-7(9,10)3-5-14-4-1-2-6(13)12-11/h1-5,11H2,(H,12,13). The van der Waals surface area contributed by atoms with Gasteiger partial charge in [-0.05, 0) is 6.42 Å². The minimum atomic E-state index is -4.19. The van der Waals surface area contributed by atoms with Crippen LogP contribution in [0.3, 0.4) is 0 Å². The zero-order valence-corrected chi connectivity index (χ0v) is 7.56. The van der Waals surface area contributed by atoms with E-state index in [-0.39, 0.29) is 25.5 Å². The third kappa shape index (κ3) is 9.27. The van der Waals surface area contributed by atoms with Crippen molar-refractivity contribution in [1.82, 2.24) is 5.43 Å². The third-order valence-electron chi connectivity index (χ3n) is 1.38. The molecule has 0 saturated carbocycles. The van der Waals surface area contributed by atoms with Crippen LogP contribution in [-0.4, -0.2) is 25.3 Å². The summed E-state index contributed by atoms with van der Waals surface area (Å²) >= 11 is 0. The first kappa shape index (κ1) is 13.2. The Kier molecular flexibility index (Phi) is 6.22. The summed E-state index contributed by atoms with van der Waals surface area (Å²) in [6, 6.07) is 0. The SMILES string of the molecule is NNC(=O)CCCOCCC(F)(F)F. The first-order valence-electron chi connectivity index (χ1n) is 4.09. The molecule has 0 bridgehead atoms. The van der Waals surface area contributed by atoms with Gasteiger partial charge in [0.2, 0.25) is 5.91 Å². The molecule has 0 heterocycles. The molecule has 1 amide bonds. The zero-order chi connectivity index (χ0) is 11.0. The lowest BCUT2D eigenvalue weighted by molar-refractivity contribution is -0.145. The van der Waals surface area contributed by atoms with Gasteiger partial charge in [0, 0.05) is 13.0 Å². The smallest absolute Gasteiger partial charge is 0.381 e. The molecule has 0 atom stereocenters. The van der Waals surface area contributed by atoms with Crippen LogP contribution in [-0.2, 0) is 9.53 Å². The lowest BCUT2D eigenvalue weighted by atomic mass is 10.3. The molecule has 0 aliphatic rings. The van der Waals surface area contributed by atoms with E-state index in [0.717, 1.165) is 0 Å². The number of halogens is 3. The Hall–Kier alpha value is -0.820. The van der Waals surface area contributed by atoms with E-state index in [0.29, 0.717) is 6.42 Å². The molecule has 0 radical (unpaired) electrons. The summed E-state index contributed by atoms with van der Waals surface area (Å²) in [6.45, 7) is -0.239. The largest absolute Gasteiger partial charge is 0.391 e. The number of amides is 1. The van der Waals surface area contributed by atoms with Gasteiger partial charge >= 0.3 is 6.18 Å². The Morgan fingerprint density at radius 1 is 1.36 bits per heavy atom. The maximum atomic E-state index is 11.6. The summed E-state index contributed by atoms with van der Waals surface area (Å²) in [5, 5.41) is 0. The summed E-state index contributed by atoms with van der Waals surface area (Å²) in [5.74, 6) is 4.42. The number of nitrogens with two attached hydrogens (primary N) is 1. The first-order chi connectivity index (χ1) is 6.45. The summed E-state index contributed by atoms with van der Waals surface area (Å²) < 4.78 is 39.4. The zero-order valence-electron chi connectivity index (χ0n) is 7.56. The van der Waals surface area contributed by atoms with Crippen LogP contribution in [0.5, 0.6) is 0 Å². The number of nitrogens with one attached hydrogen (secondary N) is 1. The second-order valence-corrected chi connectivity index (χ2v) is 2.65. The van der Waals surface area contributed by atoms with Gasteiger partial charge in [-0.3, -0.25) is 10.2 Å². The maximum Gasteiger partial charge on any atom is 0.391 e. The summed E-state index contributed by atoms with van der Waals surface area (Å²) in [4.78, 5) is 10.5. The number of ether oxygens (including phenoxy) is 1. The van der Waals surface area contributed by atoms with E-state index in [2.05, 4.69) is 4.74 Å². The monoisotopic (exact) mass is 214 g/mol. The van der Waals surface area contributed by atoms with Crippen LogP contribution in [0.2, 0.25) is 0 Å². The van der Waals surface area contributed by atoms with Crippen molar-refractivity contribution >= 4 is 5.91 Å². The molecule has 0 spiro atoms. The van der Waals surface area contributed by atoms with Crippen LogP contribution in [0, 0.1) is 0 Å². The van der Waals surface area contributed by atoms with E-state index in [9.17, 15) is 18.0 Å². The molecular weight excluding hydrogens is 201 g/mol. The van der Waals surface area contributed by atoms with Gasteiger partial charge in [-0.1, -0.05) is 0 Å². The molecule has 0 aromatic heterocycles. The van der Waals surface area contributed by atoms with Crippen molar-refractivity contribution in [3.05, 3.63) is 0 Å². The highest BCUT2D eigenvalue weighted by Gasteiger charge is 2.26. The third-order valence-corrected chi connectivity index (χ3v) is 1.38. The quantitative estimate of drug-likeness (QED) is 0.296. The molecule has 84 valence electrons. The summed E-state index contributed by atoms with van der Waals surface area (Å²) in [5.41, 5.74) is 1.91. The minimum absolute atomic E-state index is 0.128. The maximum absolute atomic E-state index is 11.6. The highest BCUT2D eigenvalue weighted by Crippen LogP contribution is 2.18. The van der Waals surface area contributed by atoms with Gasteiger partial charge in [-0.25, -0.2) is 5.84 Å². The molecule has 3 N–H and O–H groups in total. The van der Waals surface area contributed by atoms with Crippen molar-refractivity contribution in [1.29, 1.82) is 0 Å². The molecule has 4 nitrogen and oxygen atoms in total. The van der Waals surface area contributed by atoms with E-state index in [1.165, 1.54) is 0 Å². The second kappa shape index (κ2) is 6.61. The number of alkyl halides is 3. The number of hydrazine groups is 1. The molecule has 0 rings (SSSR count). The van der Waals surface area contributed by atoms with Crippen LogP contribution in [0.15, 0.2) is 0 Å². The van der Waals surface area contributed by atoms with Crippen molar-refractivity contribution in [3.8, 4) is 0 Å². The number of rotatable bonds is 6. The Labute approximate surface area is 79.6 Å². The molecular formula is C7H13F3N2O2. The molecule has 0 fully saturated rings. The van der Waals surface area contributed by atoms with Crippen LogP contribution in [0.1, 0.15) is 19.3 Å². The van der Waals surface area contributed by atoms with E-state index >= 15 is 0 Å². The highest BCUT2D eigenvalue weighted by atomic mass is 19.4. The fourth-order valence-electron chi connectivity index (χ4n) is 0.697. The van der Waals surface area contributed by atoms with Crippen LogP contribution < -0.4 is 11.3 Å². The second-order valence-electron chi connectivity index (χ2n) is 2.65. The fraction of sp³-hybridized carbons (Fsp3) is 0.857. The van der Waals surface area contributed by atoms with Crippen LogP contribution in [0.4, 0.5) is 13.2 Å². The number of hydrogen-bond donors (Lipinski definition) is 2. The van der Waals surface area contributed by atoms with Crippen LogP contribution in [0.25, 0.3) is 0 Å². The Morgan fingerprint density at radius 3 is 2.50 bits per heavy atom. The summed E-state index contributed by atoms with van der Waals surface area (Å²) in [7, 11) is 0. The average molecular weight is 214 g/mol. The average Bonchev–Trinajstić information content (AvgIpc) is 2.08. The van der Waals surface area contributed by atoms with Gasteiger partial charge in [-0.15, -0.1) is 0 Å². The van der Waals surface area contributed by atoms with Crippen molar-refractivity contribution < 1.29 is 22.7 Å².